The lowest BCUT2D eigenvalue weighted by Gasteiger charge is -1.98. The number of methoxy groups -OCH3 is 1. The molecule has 1 aromatic heterocycles. The fourth-order valence-electron chi connectivity index (χ4n) is 0.546. The minimum absolute atomic E-state index is 0.542. The van der Waals surface area contributed by atoms with Gasteiger partial charge in [-0.3, -0.25) is 0 Å². The van der Waals surface area contributed by atoms with E-state index in [0.29, 0.717) is 6.73 Å². The molecule has 0 spiro atoms. The van der Waals surface area contributed by atoms with E-state index in [0.717, 1.165) is 4.73 Å². The highest BCUT2D eigenvalue weighted by Crippen LogP contribution is 2.04. The molecule has 0 radical (unpaired) electrons. The largest absolute Gasteiger partial charge is 0.364 e. The molecule has 4 heteroatoms. The summed E-state index contributed by atoms with van der Waals surface area (Å²) >= 11 is 3.24. The number of hydrogen-bond donors (Lipinski definition) is 0. The third kappa shape index (κ3) is 1.53. The van der Waals surface area contributed by atoms with Gasteiger partial charge in [0.15, 0.2) is 4.73 Å². The van der Waals surface area contributed by atoms with Crippen LogP contribution in [0.2, 0.25) is 0 Å². The molecule has 0 amide bonds. The number of halogens is 1. The van der Waals surface area contributed by atoms with E-state index in [1.807, 2.05) is 10.8 Å². The van der Waals surface area contributed by atoms with Gasteiger partial charge in [0.25, 0.3) is 0 Å². The van der Waals surface area contributed by atoms with E-state index < -0.39 is 0 Å². The highest BCUT2D eigenvalue weighted by molar-refractivity contribution is 9.10. The van der Waals surface area contributed by atoms with Crippen molar-refractivity contribution in [2.45, 2.75) is 6.73 Å². The quantitative estimate of drug-likeness (QED) is 0.703. The maximum atomic E-state index is 4.86. The summed E-state index contributed by atoms with van der Waals surface area (Å²) in [5.41, 5.74) is 0. The van der Waals surface area contributed by atoms with Crippen molar-refractivity contribution < 1.29 is 4.74 Å². The average molecular weight is 191 g/mol. The van der Waals surface area contributed by atoms with Crippen molar-refractivity contribution in [1.82, 2.24) is 9.55 Å². The van der Waals surface area contributed by atoms with Crippen molar-refractivity contribution in [3.8, 4) is 0 Å². The first kappa shape index (κ1) is 6.77. The predicted octanol–water partition coefficient (Wildman–Crippen LogP) is 1.25. The second-order valence-electron chi connectivity index (χ2n) is 1.58. The number of nitrogens with zero attached hydrogens (tertiary/aromatic N) is 2. The Kier molecular flexibility index (Phi) is 2.24. The van der Waals surface area contributed by atoms with E-state index in [2.05, 4.69) is 20.9 Å². The minimum atomic E-state index is 0.542. The minimum Gasteiger partial charge on any atom is -0.364 e. The molecule has 9 heavy (non-hydrogen) atoms. The number of ether oxygens (including phenoxy) is 1. The fraction of sp³-hybridized carbons (Fsp3) is 0.400. The zero-order valence-electron chi connectivity index (χ0n) is 5.04. The molecule has 0 aliphatic carbocycles. The fourth-order valence-corrected chi connectivity index (χ4v) is 0.885. The zero-order valence-corrected chi connectivity index (χ0v) is 6.63. The topological polar surface area (TPSA) is 27.1 Å². The van der Waals surface area contributed by atoms with E-state index in [-0.39, 0.29) is 0 Å². The molecule has 0 atom stereocenters. The average Bonchev–Trinajstić information content (AvgIpc) is 2.18. The normalized spacial score (nSPS) is 10.0. The van der Waals surface area contributed by atoms with Gasteiger partial charge in [0.2, 0.25) is 0 Å². The van der Waals surface area contributed by atoms with Crippen molar-refractivity contribution in [2.75, 3.05) is 7.11 Å². The van der Waals surface area contributed by atoms with Crippen molar-refractivity contribution in [2.24, 2.45) is 0 Å². The number of rotatable bonds is 2. The second-order valence-corrected chi connectivity index (χ2v) is 2.29. The summed E-state index contributed by atoms with van der Waals surface area (Å²) in [6.45, 7) is 0.542. The molecule has 1 aromatic rings. The monoisotopic (exact) mass is 190 g/mol. The Balaban J connectivity index is 2.69. The van der Waals surface area contributed by atoms with Gasteiger partial charge in [0, 0.05) is 19.5 Å². The number of hydrogen-bond acceptors (Lipinski definition) is 2. The molecule has 50 valence electrons. The van der Waals surface area contributed by atoms with Crippen LogP contribution >= 0.6 is 15.9 Å². The van der Waals surface area contributed by atoms with Crippen molar-refractivity contribution in [3.05, 3.63) is 17.1 Å². The SMILES string of the molecule is COCn1ccnc1Br. The Labute approximate surface area is 61.8 Å². The number of aromatic nitrogens is 2. The summed E-state index contributed by atoms with van der Waals surface area (Å²) in [6, 6.07) is 0. The van der Waals surface area contributed by atoms with Gasteiger partial charge in [-0.1, -0.05) is 0 Å². The lowest BCUT2D eigenvalue weighted by atomic mass is 10.9. The van der Waals surface area contributed by atoms with Crippen LogP contribution in [0.25, 0.3) is 0 Å². The van der Waals surface area contributed by atoms with Gasteiger partial charge in [-0.05, 0) is 15.9 Å². The highest BCUT2D eigenvalue weighted by atomic mass is 79.9. The highest BCUT2D eigenvalue weighted by Gasteiger charge is 1.93. The van der Waals surface area contributed by atoms with Crippen LogP contribution in [0.1, 0.15) is 0 Å². The van der Waals surface area contributed by atoms with Crippen LogP contribution in [0.15, 0.2) is 17.1 Å². The summed E-state index contributed by atoms with van der Waals surface area (Å²) < 4.78 is 7.50. The molecule has 0 aliphatic heterocycles. The Morgan fingerprint density at radius 2 is 2.67 bits per heavy atom. The standard InChI is InChI=1S/C5H7BrN2O/c1-9-4-8-3-2-7-5(8)6/h2-3H,4H2,1H3. The lowest BCUT2D eigenvalue weighted by Crippen LogP contribution is -1.97. The third-order valence-electron chi connectivity index (χ3n) is 0.933. The first-order valence-corrected chi connectivity index (χ1v) is 3.29. The maximum Gasteiger partial charge on any atom is 0.178 e. The molecule has 1 rings (SSSR count). The molecule has 1 heterocycles. The molecule has 0 saturated carbocycles. The molecular formula is C5H7BrN2O. The first-order chi connectivity index (χ1) is 4.34. The van der Waals surface area contributed by atoms with Gasteiger partial charge in [-0.15, -0.1) is 0 Å². The van der Waals surface area contributed by atoms with E-state index in [4.69, 9.17) is 4.74 Å². The van der Waals surface area contributed by atoms with E-state index >= 15 is 0 Å². The van der Waals surface area contributed by atoms with E-state index in [1.54, 1.807) is 13.3 Å². The van der Waals surface area contributed by atoms with Gasteiger partial charge in [-0.25, -0.2) is 4.98 Å². The summed E-state index contributed by atoms with van der Waals surface area (Å²) in [6.07, 6.45) is 3.55. The van der Waals surface area contributed by atoms with Crippen molar-refractivity contribution in [1.29, 1.82) is 0 Å². The third-order valence-corrected chi connectivity index (χ3v) is 1.59. The molecule has 0 bridgehead atoms. The van der Waals surface area contributed by atoms with Gasteiger partial charge in [0.05, 0.1) is 0 Å². The van der Waals surface area contributed by atoms with Crippen LogP contribution in [0.5, 0.6) is 0 Å². The zero-order chi connectivity index (χ0) is 6.69. The van der Waals surface area contributed by atoms with E-state index in [9.17, 15) is 0 Å². The van der Waals surface area contributed by atoms with Gasteiger partial charge in [0.1, 0.15) is 6.73 Å². The molecule has 0 fully saturated rings. The smallest absolute Gasteiger partial charge is 0.178 e. The van der Waals surface area contributed by atoms with Crippen LogP contribution in [-0.2, 0) is 11.5 Å². The van der Waals surface area contributed by atoms with Gasteiger partial charge >= 0.3 is 0 Å². The Morgan fingerprint density at radius 3 is 3.11 bits per heavy atom. The van der Waals surface area contributed by atoms with Crippen molar-refractivity contribution >= 4 is 15.9 Å². The van der Waals surface area contributed by atoms with Crippen LogP contribution < -0.4 is 0 Å². The first-order valence-electron chi connectivity index (χ1n) is 2.50. The molecule has 0 unspecified atom stereocenters. The molecule has 0 N–H and O–H groups in total. The van der Waals surface area contributed by atoms with Crippen LogP contribution in [0, 0.1) is 0 Å². The summed E-state index contributed by atoms with van der Waals surface area (Å²) in [4.78, 5) is 3.93. The molecular weight excluding hydrogens is 184 g/mol. The second kappa shape index (κ2) is 2.98. The van der Waals surface area contributed by atoms with Gasteiger partial charge < -0.3 is 9.30 Å². The number of imidazole rings is 1. The van der Waals surface area contributed by atoms with Crippen LogP contribution in [0.4, 0.5) is 0 Å². The Morgan fingerprint density at radius 1 is 1.89 bits per heavy atom. The maximum absolute atomic E-state index is 4.86. The molecule has 0 aliphatic rings. The van der Waals surface area contributed by atoms with Gasteiger partial charge in [-0.2, -0.15) is 0 Å². The van der Waals surface area contributed by atoms with E-state index in [1.165, 1.54) is 0 Å². The molecule has 0 saturated heterocycles. The Hall–Kier alpha value is -0.350. The van der Waals surface area contributed by atoms with Crippen molar-refractivity contribution in [3.63, 3.8) is 0 Å². The summed E-state index contributed by atoms with van der Waals surface area (Å²) in [5.74, 6) is 0. The Bertz CT molecular complexity index is 187. The molecule has 3 nitrogen and oxygen atoms in total. The molecule has 0 aromatic carbocycles. The predicted molar refractivity (Wildman–Crippen MR) is 36.9 cm³/mol. The summed E-state index contributed by atoms with van der Waals surface area (Å²) in [5, 5.41) is 0. The van der Waals surface area contributed by atoms with Crippen LogP contribution in [0.3, 0.4) is 0 Å². The summed E-state index contributed by atoms with van der Waals surface area (Å²) in [7, 11) is 1.65. The lowest BCUT2D eigenvalue weighted by molar-refractivity contribution is 0.129. The van der Waals surface area contributed by atoms with Crippen LogP contribution in [-0.4, -0.2) is 16.7 Å².